The van der Waals surface area contributed by atoms with Crippen molar-refractivity contribution < 1.29 is 19.1 Å². The Bertz CT molecular complexity index is 1620. The molecule has 1 unspecified atom stereocenters. The number of carbonyl (C=O) groups excluding carboxylic acids is 3. The van der Waals surface area contributed by atoms with Gasteiger partial charge in [0.2, 0.25) is 11.8 Å². The summed E-state index contributed by atoms with van der Waals surface area (Å²) in [4.78, 5) is 46.3. The van der Waals surface area contributed by atoms with Gasteiger partial charge >= 0.3 is 0 Å². The number of hydrogen-bond acceptors (Lipinski definition) is 5. The van der Waals surface area contributed by atoms with E-state index < -0.39 is 12.1 Å². The molecule has 3 amide bonds. The minimum atomic E-state index is -0.752. The highest BCUT2D eigenvalue weighted by Gasteiger charge is 2.49. The van der Waals surface area contributed by atoms with Gasteiger partial charge in [0.25, 0.3) is 5.91 Å². The molecule has 0 fully saturated rings. The number of fused-ring (bicyclic) bond motifs is 7. The average Bonchev–Trinajstić information content (AvgIpc) is 3.53. The van der Waals surface area contributed by atoms with Gasteiger partial charge in [-0.05, 0) is 59.4 Å². The molecule has 3 atom stereocenters. The van der Waals surface area contributed by atoms with Gasteiger partial charge < -0.3 is 25.3 Å². The van der Waals surface area contributed by atoms with E-state index in [1.807, 2.05) is 79.1 Å². The second-order valence-corrected chi connectivity index (χ2v) is 11.4. The van der Waals surface area contributed by atoms with Crippen LogP contribution in [-0.2, 0) is 22.6 Å². The monoisotopic (exact) mass is 568 g/mol. The molecule has 1 aromatic heterocycles. The number of thioether (sulfide) groups is 1. The molecule has 3 N–H and O–H groups in total. The zero-order chi connectivity index (χ0) is 28.5. The zero-order valence-electron chi connectivity index (χ0n) is 23.0. The van der Waals surface area contributed by atoms with Crippen LogP contribution < -0.4 is 15.4 Å². The van der Waals surface area contributed by atoms with Crippen molar-refractivity contribution in [3.05, 3.63) is 101 Å². The van der Waals surface area contributed by atoms with E-state index in [4.69, 9.17) is 4.74 Å². The van der Waals surface area contributed by atoms with E-state index >= 15 is 0 Å². The fraction of sp³-hybridized carbons (Fsp3) is 0.281. The first-order valence-electron chi connectivity index (χ1n) is 13.7. The molecule has 6 rings (SSSR count). The van der Waals surface area contributed by atoms with E-state index in [1.165, 1.54) is 0 Å². The summed E-state index contributed by atoms with van der Waals surface area (Å²) >= 11 is 1.62. The lowest BCUT2D eigenvalue weighted by Crippen LogP contribution is -2.56. The largest absolute Gasteiger partial charge is 0.497 e. The van der Waals surface area contributed by atoms with E-state index in [2.05, 4.69) is 15.6 Å². The fourth-order valence-electron chi connectivity index (χ4n) is 5.97. The lowest BCUT2D eigenvalue weighted by atomic mass is 9.89. The number of ether oxygens (including phenoxy) is 1. The number of carbonyl (C=O) groups is 3. The van der Waals surface area contributed by atoms with Crippen molar-refractivity contribution in [2.75, 3.05) is 19.1 Å². The number of aromatic nitrogens is 1. The molecule has 0 aliphatic carbocycles. The van der Waals surface area contributed by atoms with Crippen molar-refractivity contribution in [2.45, 2.75) is 37.5 Å². The predicted octanol–water partition coefficient (Wildman–Crippen LogP) is 4.20. The SMILES string of the molecule is COc1ccc(CNC(=O)[C@H](CCSC)NC(=O)[C@@H]2Cc3c([nH]c4ccccc34)C3c4ccccc4C(=O)N32)cc1. The molecule has 210 valence electrons. The van der Waals surface area contributed by atoms with Crippen LogP contribution in [0.1, 0.15) is 45.2 Å². The molecule has 0 saturated heterocycles. The molecule has 0 spiro atoms. The number of rotatable bonds is 9. The van der Waals surface area contributed by atoms with Crippen LogP contribution in [0.25, 0.3) is 10.9 Å². The van der Waals surface area contributed by atoms with Crippen LogP contribution in [0.2, 0.25) is 0 Å². The minimum Gasteiger partial charge on any atom is -0.497 e. The lowest BCUT2D eigenvalue weighted by Gasteiger charge is -2.37. The number of hydrogen-bond donors (Lipinski definition) is 3. The van der Waals surface area contributed by atoms with Gasteiger partial charge in [-0.1, -0.05) is 48.5 Å². The Hall–Kier alpha value is -4.24. The molecule has 3 heterocycles. The fourth-order valence-corrected chi connectivity index (χ4v) is 6.44. The minimum absolute atomic E-state index is 0.167. The number of methoxy groups -OCH3 is 1. The summed E-state index contributed by atoms with van der Waals surface area (Å²) in [6, 6.07) is 21.2. The summed E-state index contributed by atoms with van der Waals surface area (Å²) in [6.45, 7) is 0.332. The normalized spacial score (nSPS) is 17.9. The third-order valence-electron chi connectivity index (χ3n) is 8.02. The van der Waals surface area contributed by atoms with Crippen LogP contribution in [0.5, 0.6) is 5.75 Å². The first kappa shape index (κ1) is 27.0. The van der Waals surface area contributed by atoms with Gasteiger partial charge in [-0.25, -0.2) is 0 Å². The van der Waals surface area contributed by atoms with Crippen LogP contribution in [-0.4, -0.2) is 58.8 Å². The third-order valence-corrected chi connectivity index (χ3v) is 8.67. The summed E-state index contributed by atoms with van der Waals surface area (Å²) < 4.78 is 5.21. The van der Waals surface area contributed by atoms with Crippen molar-refractivity contribution in [1.29, 1.82) is 0 Å². The summed E-state index contributed by atoms with van der Waals surface area (Å²) in [5, 5.41) is 7.04. The molecule has 2 aliphatic rings. The lowest BCUT2D eigenvalue weighted by molar-refractivity contribution is -0.132. The number of benzene rings is 3. The van der Waals surface area contributed by atoms with Gasteiger partial charge in [0.05, 0.1) is 13.2 Å². The zero-order valence-corrected chi connectivity index (χ0v) is 23.8. The van der Waals surface area contributed by atoms with Crippen molar-refractivity contribution in [1.82, 2.24) is 20.5 Å². The van der Waals surface area contributed by atoms with E-state index in [0.29, 0.717) is 30.7 Å². The molecule has 0 saturated carbocycles. The Balaban J connectivity index is 1.27. The number of nitrogens with zero attached hydrogens (tertiary/aromatic N) is 1. The van der Waals surface area contributed by atoms with Crippen LogP contribution in [0, 0.1) is 0 Å². The Kier molecular flexibility index (Phi) is 7.45. The third kappa shape index (κ3) is 4.95. The van der Waals surface area contributed by atoms with Crippen LogP contribution in [0.4, 0.5) is 0 Å². The van der Waals surface area contributed by atoms with Gasteiger partial charge in [0.15, 0.2) is 0 Å². The molecule has 4 aromatic rings. The first-order valence-corrected chi connectivity index (χ1v) is 15.1. The second kappa shape index (κ2) is 11.3. The van der Waals surface area contributed by atoms with Gasteiger partial charge in [-0.15, -0.1) is 0 Å². The molecule has 0 bridgehead atoms. The number of para-hydroxylation sites is 1. The van der Waals surface area contributed by atoms with Crippen LogP contribution in [0.3, 0.4) is 0 Å². The summed E-state index contributed by atoms with van der Waals surface area (Å²) in [6.07, 6.45) is 2.81. The van der Waals surface area contributed by atoms with Gasteiger partial charge in [0.1, 0.15) is 17.8 Å². The second-order valence-electron chi connectivity index (χ2n) is 10.4. The average molecular weight is 569 g/mol. The van der Waals surface area contributed by atoms with E-state index in [9.17, 15) is 14.4 Å². The number of nitrogens with one attached hydrogen (secondary N) is 3. The number of H-pyrrole nitrogens is 1. The molecule has 8 nitrogen and oxygen atoms in total. The van der Waals surface area contributed by atoms with Crippen molar-refractivity contribution >= 4 is 40.4 Å². The Morgan fingerprint density at radius 2 is 1.83 bits per heavy atom. The molecule has 41 heavy (non-hydrogen) atoms. The van der Waals surface area contributed by atoms with E-state index in [0.717, 1.165) is 39.0 Å². The van der Waals surface area contributed by atoms with Gasteiger partial charge in [-0.2, -0.15) is 11.8 Å². The van der Waals surface area contributed by atoms with Gasteiger partial charge in [0, 0.05) is 35.1 Å². The van der Waals surface area contributed by atoms with Gasteiger partial charge in [-0.3, -0.25) is 14.4 Å². The van der Waals surface area contributed by atoms with E-state index in [1.54, 1.807) is 23.8 Å². The van der Waals surface area contributed by atoms with E-state index in [-0.39, 0.29) is 23.8 Å². The highest BCUT2D eigenvalue weighted by Crippen LogP contribution is 2.46. The maximum atomic E-state index is 14.0. The Morgan fingerprint density at radius 1 is 1.07 bits per heavy atom. The van der Waals surface area contributed by atoms with Crippen molar-refractivity contribution in [2.24, 2.45) is 0 Å². The number of aromatic amines is 1. The predicted molar refractivity (Wildman–Crippen MR) is 160 cm³/mol. The Labute approximate surface area is 242 Å². The van der Waals surface area contributed by atoms with Crippen LogP contribution >= 0.6 is 11.8 Å². The van der Waals surface area contributed by atoms with Crippen molar-refractivity contribution in [3.63, 3.8) is 0 Å². The Morgan fingerprint density at radius 3 is 2.61 bits per heavy atom. The maximum Gasteiger partial charge on any atom is 0.255 e. The standard InChI is InChI=1S/C32H32N4O4S/c1-40-20-13-11-19(12-14-20)18-33-30(37)26(15-16-41-2)35-31(38)27-17-24-21-7-5-6-10-25(21)34-28(24)29-22-8-3-4-9-23(22)32(39)36(27)29/h3-14,26-27,29,34H,15-18H2,1-2H3,(H,33,37)(H,35,38)/t26-,27-,29?/m0/s1. The first-order chi connectivity index (χ1) is 20.0. The molecule has 2 aliphatic heterocycles. The summed E-state index contributed by atoms with van der Waals surface area (Å²) in [5.41, 5.74) is 5.39. The maximum absolute atomic E-state index is 14.0. The molecular formula is C32H32N4O4S. The molecule has 0 radical (unpaired) electrons. The topological polar surface area (TPSA) is 104 Å². The number of amides is 3. The molecule has 3 aromatic carbocycles. The summed E-state index contributed by atoms with van der Waals surface area (Å²) in [5.74, 6) is 0.708. The smallest absolute Gasteiger partial charge is 0.255 e. The molecule has 9 heteroatoms. The summed E-state index contributed by atoms with van der Waals surface area (Å²) in [7, 11) is 1.61. The van der Waals surface area contributed by atoms with Crippen LogP contribution in [0.15, 0.2) is 72.8 Å². The molecular weight excluding hydrogens is 536 g/mol. The van der Waals surface area contributed by atoms with Crippen molar-refractivity contribution in [3.8, 4) is 5.75 Å². The highest BCUT2D eigenvalue weighted by molar-refractivity contribution is 7.98. The quantitative estimate of drug-likeness (QED) is 0.281. The highest BCUT2D eigenvalue weighted by atomic mass is 32.2.